The summed E-state index contributed by atoms with van der Waals surface area (Å²) in [5.74, 6) is 0.453. The Balaban J connectivity index is 1.87. The van der Waals surface area contributed by atoms with Crippen LogP contribution in [0.25, 0.3) is 0 Å². The molecule has 4 atom stereocenters. The molecule has 0 aliphatic carbocycles. The molecular formula is C20H35N7O9S. The minimum Gasteiger partial charge on any atom is -0.472 e. The number of ether oxygens (including phenoxy) is 2. The van der Waals surface area contributed by atoms with Crippen LogP contribution in [0.3, 0.4) is 0 Å². The van der Waals surface area contributed by atoms with Gasteiger partial charge in [0.15, 0.2) is 6.10 Å². The molecule has 2 fully saturated rings. The van der Waals surface area contributed by atoms with Crippen molar-refractivity contribution < 1.29 is 34.5 Å². The van der Waals surface area contributed by atoms with Crippen LogP contribution in [0.5, 0.6) is 5.88 Å². The predicted octanol–water partition coefficient (Wildman–Crippen LogP) is 1.29. The molecule has 3 rings (SSSR count). The molecule has 0 aromatic carbocycles. The van der Waals surface area contributed by atoms with Crippen molar-refractivity contribution in [2.75, 3.05) is 31.2 Å². The zero-order chi connectivity index (χ0) is 27.8. The van der Waals surface area contributed by atoms with Gasteiger partial charge < -0.3 is 34.6 Å². The van der Waals surface area contributed by atoms with Crippen LogP contribution in [-0.2, 0) is 14.4 Å². The minimum atomic E-state index is -0.919. The summed E-state index contributed by atoms with van der Waals surface area (Å²) in [6.45, 7) is 12.9. The van der Waals surface area contributed by atoms with Gasteiger partial charge in [-0.05, 0) is 48.5 Å². The Bertz CT molecular complexity index is 970. The van der Waals surface area contributed by atoms with Crippen molar-refractivity contribution in [2.45, 2.75) is 89.4 Å². The van der Waals surface area contributed by atoms with Gasteiger partial charge in [-0.15, -0.1) is 24.6 Å². The molecular weight excluding hydrogens is 514 g/mol. The average Bonchev–Trinajstić information content (AvgIpc) is 3.30. The number of rotatable bonds is 11. The first-order valence-corrected chi connectivity index (χ1v) is 12.5. The number of aromatic nitrogens is 2. The zero-order valence-electron chi connectivity index (χ0n) is 21.9. The molecule has 2 aliphatic rings. The van der Waals surface area contributed by atoms with E-state index in [1.54, 1.807) is 0 Å². The van der Waals surface area contributed by atoms with E-state index in [0.717, 1.165) is 11.7 Å². The number of nitrogens with zero attached hydrogens (tertiary/aromatic N) is 6. The normalized spacial score (nSPS) is 25.8. The fraction of sp³-hybridized carbons (Fsp3) is 0.900. The smallest absolute Gasteiger partial charge is 0.294 e. The summed E-state index contributed by atoms with van der Waals surface area (Å²) in [6, 6.07) is -0.445. The van der Waals surface area contributed by atoms with Crippen LogP contribution in [0.2, 0.25) is 0 Å². The van der Waals surface area contributed by atoms with Crippen molar-refractivity contribution in [3.63, 3.8) is 0 Å². The third-order valence-corrected chi connectivity index (χ3v) is 6.96. The Labute approximate surface area is 218 Å². The molecule has 17 heteroatoms. The van der Waals surface area contributed by atoms with E-state index < -0.39 is 45.6 Å². The maximum atomic E-state index is 11.0. The van der Waals surface area contributed by atoms with Crippen molar-refractivity contribution >= 4 is 17.5 Å². The van der Waals surface area contributed by atoms with Crippen molar-refractivity contribution in [1.29, 1.82) is 0 Å². The van der Waals surface area contributed by atoms with E-state index >= 15 is 0 Å². The third-order valence-electron chi connectivity index (χ3n) is 6.46. The van der Waals surface area contributed by atoms with Gasteiger partial charge in [0.25, 0.3) is 16.1 Å². The summed E-state index contributed by atoms with van der Waals surface area (Å²) in [5, 5.41) is 35.5. The standard InChI is InChI=1S/C20H35N7O9S/c1-18(2,3)21-8-12(36-27(31)32)10-33-17-16(22-37-23-17)24-9-13(11-34-26(29)30)35-15-14(24)19(4,5)25(28)20(15,6)7/h12-15,21,28H,8-11H2,1-7H3. The molecule has 0 bridgehead atoms. The monoisotopic (exact) mass is 549 g/mol. The van der Waals surface area contributed by atoms with Gasteiger partial charge in [0.2, 0.25) is 5.82 Å². The highest BCUT2D eigenvalue weighted by atomic mass is 32.1. The fourth-order valence-corrected chi connectivity index (χ4v) is 5.36. The number of morpholine rings is 1. The molecule has 2 aliphatic heterocycles. The van der Waals surface area contributed by atoms with Crippen LogP contribution in [0.4, 0.5) is 5.82 Å². The quantitative estimate of drug-likeness (QED) is 0.297. The second-order valence-electron chi connectivity index (χ2n) is 11.2. The number of anilines is 1. The van der Waals surface area contributed by atoms with Gasteiger partial charge >= 0.3 is 0 Å². The summed E-state index contributed by atoms with van der Waals surface area (Å²) < 4.78 is 20.7. The number of hydroxylamine groups is 2. The van der Waals surface area contributed by atoms with E-state index in [1.807, 2.05) is 53.4 Å². The summed E-state index contributed by atoms with van der Waals surface area (Å²) in [5.41, 5.74) is -1.97. The van der Waals surface area contributed by atoms with E-state index in [-0.39, 0.29) is 37.7 Å². The Morgan fingerprint density at radius 2 is 1.89 bits per heavy atom. The van der Waals surface area contributed by atoms with Gasteiger partial charge in [0.05, 0.1) is 35.0 Å². The SMILES string of the molecule is CC(C)(C)NCC(COc1nsnc1N1CC(CO[N+](=O)[O-])OC2C1C(C)(C)N(O)C2(C)C)O[N+](=O)[O-]. The van der Waals surface area contributed by atoms with Crippen LogP contribution in [0.15, 0.2) is 0 Å². The lowest BCUT2D eigenvalue weighted by Crippen LogP contribution is -2.62. The molecule has 1 aromatic heterocycles. The highest BCUT2D eigenvalue weighted by molar-refractivity contribution is 6.99. The lowest BCUT2D eigenvalue weighted by Gasteiger charge is -2.46. The summed E-state index contributed by atoms with van der Waals surface area (Å²) in [7, 11) is 0. The van der Waals surface area contributed by atoms with Gasteiger partial charge in [0, 0.05) is 18.6 Å². The van der Waals surface area contributed by atoms with E-state index in [2.05, 4.69) is 18.9 Å². The molecule has 210 valence electrons. The highest BCUT2D eigenvalue weighted by Gasteiger charge is 2.64. The molecule has 0 amide bonds. The molecule has 4 unspecified atom stereocenters. The first kappa shape index (κ1) is 29.0. The maximum Gasteiger partial charge on any atom is 0.294 e. The summed E-state index contributed by atoms with van der Waals surface area (Å²) >= 11 is 0.884. The largest absolute Gasteiger partial charge is 0.472 e. The fourth-order valence-electron chi connectivity index (χ4n) is 4.85. The topological polar surface area (TPSA) is 188 Å². The summed E-state index contributed by atoms with van der Waals surface area (Å²) in [4.78, 5) is 33.0. The molecule has 2 N–H and O–H groups in total. The molecule has 2 saturated heterocycles. The second kappa shape index (κ2) is 10.6. The maximum absolute atomic E-state index is 11.0. The molecule has 1 aromatic rings. The Hall–Kier alpha value is -2.60. The zero-order valence-corrected chi connectivity index (χ0v) is 22.8. The first-order chi connectivity index (χ1) is 17.0. The molecule has 37 heavy (non-hydrogen) atoms. The third kappa shape index (κ3) is 6.46. The van der Waals surface area contributed by atoms with Crippen LogP contribution in [0.1, 0.15) is 48.5 Å². The predicted molar refractivity (Wildman–Crippen MR) is 130 cm³/mol. The number of nitrogens with one attached hydrogen (secondary N) is 1. The average molecular weight is 550 g/mol. The number of hydrogen-bond acceptors (Lipinski definition) is 15. The Morgan fingerprint density at radius 1 is 1.22 bits per heavy atom. The second-order valence-corrected chi connectivity index (χ2v) is 11.7. The van der Waals surface area contributed by atoms with E-state index in [1.165, 1.54) is 5.06 Å². The van der Waals surface area contributed by atoms with Gasteiger partial charge in [0.1, 0.15) is 19.3 Å². The van der Waals surface area contributed by atoms with Gasteiger partial charge in [-0.25, -0.2) is 0 Å². The Kier molecular flexibility index (Phi) is 8.33. The number of fused-ring (bicyclic) bond motifs is 1. The Morgan fingerprint density at radius 3 is 2.49 bits per heavy atom. The van der Waals surface area contributed by atoms with Gasteiger partial charge in [-0.1, -0.05) is 0 Å². The molecule has 0 spiro atoms. The van der Waals surface area contributed by atoms with Crippen LogP contribution >= 0.6 is 11.7 Å². The lowest BCUT2D eigenvalue weighted by atomic mass is 9.88. The van der Waals surface area contributed by atoms with Gasteiger partial charge in [-0.3, -0.25) is 0 Å². The molecule has 3 heterocycles. The van der Waals surface area contributed by atoms with E-state index in [4.69, 9.17) is 14.3 Å². The highest BCUT2D eigenvalue weighted by Crippen LogP contribution is 2.48. The lowest BCUT2D eigenvalue weighted by molar-refractivity contribution is -0.768. The summed E-state index contributed by atoms with van der Waals surface area (Å²) in [6.07, 6.45) is -2.22. The van der Waals surface area contributed by atoms with Gasteiger partial charge in [-0.2, -0.15) is 9.44 Å². The van der Waals surface area contributed by atoms with Crippen LogP contribution in [-0.4, -0.2) is 96.5 Å². The van der Waals surface area contributed by atoms with Crippen molar-refractivity contribution in [3.8, 4) is 5.88 Å². The van der Waals surface area contributed by atoms with Crippen molar-refractivity contribution in [2.24, 2.45) is 0 Å². The van der Waals surface area contributed by atoms with E-state index in [0.29, 0.717) is 5.82 Å². The number of hydrogen-bond donors (Lipinski definition) is 2. The van der Waals surface area contributed by atoms with Crippen molar-refractivity contribution in [1.82, 2.24) is 19.1 Å². The minimum absolute atomic E-state index is 0.122. The van der Waals surface area contributed by atoms with Crippen LogP contribution < -0.4 is 15.0 Å². The first-order valence-electron chi connectivity index (χ1n) is 11.7. The molecule has 0 radical (unpaired) electrons. The van der Waals surface area contributed by atoms with Crippen LogP contribution in [0, 0.1) is 20.2 Å². The molecule has 16 nitrogen and oxygen atoms in total. The van der Waals surface area contributed by atoms with E-state index in [9.17, 15) is 25.4 Å². The molecule has 0 saturated carbocycles. The van der Waals surface area contributed by atoms with Crippen molar-refractivity contribution in [3.05, 3.63) is 20.2 Å².